The number of rotatable bonds is 4. The Labute approximate surface area is 110 Å². The highest BCUT2D eigenvalue weighted by Gasteiger charge is 2.32. The van der Waals surface area contributed by atoms with Crippen LogP contribution in [0.2, 0.25) is 0 Å². The molecule has 1 aliphatic carbocycles. The van der Waals surface area contributed by atoms with Gasteiger partial charge in [-0.05, 0) is 32.3 Å². The van der Waals surface area contributed by atoms with Crippen molar-refractivity contribution in [3.8, 4) is 5.95 Å². The minimum absolute atomic E-state index is 0.0641. The maximum absolute atomic E-state index is 5.39. The molecule has 100 valence electrons. The summed E-state index contributed by atoms with van der Waals surface area (Å²) in [6, 6.07) is 1.81. The van der Waals surface area contributed by atoms with E-state index >= 15 is 0 Å². The summed E-state index contributed by atoms with van der Waals surface area (Å²) < 4.78 is 1.57. The molecule has 2 heterocycles. The molecule has 0 atom stereocenters. The van der Waals surface area contributed by atoms with Gasteiger partial charge in [-0.1, -0.05) is 0 Å². The summed E-state index contributed by atoms with van der Waals surface area (Å²) in [5.41, 5.74) is 2.51. The number of anilines is 2. The molecule has 0 saturated heterocycles. The fraction of sp³-hybridized carbons (Fsp3) is 0.455. The van der Waals surface area contributed by atoms with Gasteiger partial charge in [-0.2, -0.15) is 20.1 Å². The van der Waals surface area contributed by atoms with Crippen LogP contribution in [-0.4, -0.2) is 30.3 Å². The standard InChI is InChI=1S/C11H16N8/c1-11(4-2-5-11)17-8-14-9(18-12)16-10(15-8)19-7-3-6-13-19/h3,6-7H,2,4-5,12H2,1H3,(H2,14,15,16,17,18). The van der Waals surface area contributed by atoms with Gasteiger partial charge in [-0.3, -0.25) is 5.43 Å². The molecule has 19 heavy (non-hydrogen) atoms. The van der Waals surface area contributed by atoms with E-state index in [1.807, 2.05) is 0 Å². The van der Waals surface area contributed by atoms with E-state index in [4.69, 9.17) is 5.84 Å². The van der Waals surface area contributed by atoms with E-state index in [1.54, 1.807) is 23.1 Å². The van der Waals surface area contributed by atoms with Crippen molar-refractivity contribution in [3.05, 3.63) is 18.5 Å². The second-order valence-corrected chi connectivity index (χ2v) is 4.92. The van der Waals surface area contributed by atoms with Crippen LogP contribution in [0.3, 0.4) is 0 Å². The SMILES string of the molecule is CC1(Nc2nc(NN)nc(-n3cccn3)n2)CCC1. The summed E-state index contributed by atoms with van der Waals surface area (Å²) in [6.45, 7) is 2.16. The third-order valence-corrected chi connectivity index (χ3v) is 3.33. The first-order chi connectivity index (χ1) is 9.18. The lowest BCUT2D eigenvalue weighted by atomic mass is 9.79. The minimum Gasteiger partial charge on any atom is -0.349 e. The van der Waals surface area contributed by atoms with Crippen LogP contribution >= 0.6 is 0 Å². The number of aromatic nitrogens is 5. The first-order valence-corrected chi connectivity index (χ1v) is 6.19. The van der Waals surface area contributed by atoms with E-state index in [0.29, 0.717) is 17.8 Å². The van der Waals surface area contributed by atoms with E-state index in [2.05, 4.69) is 37.7 Å². The third kappa shape index (κ3) is 2.34. The summed E-state index contributed by atoms with van der Waals surface area (Å²) in [7, 11) is 0. The molecule has 0 spiro atoms. The Morgan fingerprint density at radius 2 is 2.05 bits per heavy atom. The first kappa shape index (κ1) is 11.8. The monoisotopic (exact) mass is 260 g/mol. The van der Waals surface area contributed by atoms with Crippen LogP contribution in [0.5, 0.6) is 0 Å². The lowest BCUT2D eigenvalue weighted by Gasteiger charge is -2.39. The van der Waals surface area contributed by atoms with Gasteiger partial charge in [0.2, 0.25) is 11.9 Å². The van der Waals surface area contributed by atoms with Crippen molar-refractivity contribution < 1.29 is 0 Å². The Morgan fingerprint density at radius 3 is 2.63 bits per heavy atom. The fourth-order valence-electron chi connectivity index (χ4n) is 2.08. The Bertz CT molecular complexity index is 560. The molecule has 0 amide bonds. The van der Waals surface area contributed by atoms with Crippen molar-refractivity contribution >= 4 is 11.9 Å². The maximum Gasteiger partial charge on any atom is 0.257 e. The van der Waals surface area contributed by atoms with E-state index in [9.17, 15) is 0 Å². The van der Waals surface area contributed by atoms with Gasteiger partial charge in [-0.15, -0.1) is 0 Å². The molecule has 3 rings (SSSR count). The molecule has 0 unspecified atom stereocenters. The largest absolute Gasteiger partial charge is 0.349 e. The highest BCUT2D eigenvalue weighted by molar-refractivity contribution is 5.39. The average Bonchev–Trinajstić information content (AvgIpc) is 2.90. The Morgan fingerprint density at radius 1 is 1.26 bits per heavy atom. The summed E-state index contributed by atoms with van der Waals surface area (Å²) in [4.78, 5) is 12.8. The molecule has 4 N–H and O–H groups in total. The number of hydrogen-bond donors (Lipinski definition) is 3. The van der Waals surface area contributed by atoms with E-state index in [-0.39, 0.29) is 5.54 Å². The second-order valence-electron chi connectivity index (χ2n) is 4.92. The molecule has 0 aromatic carbocycles. The Kier molecular flexibility index (Phi) is 2.79. The lowest BCUT2D eigenvalue weighted by Crippen LogP contribution is -2.42. The number of hydrazine groups is 1. The summed E-state index contributed by atoms with van der Waals surface area (Å²) in [6.07, 6.45) is 6.88. The topological polar surface area (TPSA) is 107 Å². The van der Waals surface area contributed by atoms with Crippen molar-refractivity contribution in [2.75, 3.05) is 10.7 Å². The van der Waals surface area contributed by atoms with Crippen molar-refractivity contribution in [2.24, 2.45) is 5.84 Å². The predicted octanol–water partition coefficient (Wildman–Crippen LogP) is 0.697. The van der Waals surface area contributed by atoms with Gasteiger partial charge >= 0.3 is 0 Å². The van der Waals surface area contributed by atoms with Gasteiger partial charge < -0.3 is 5.32 Å². The van der Waals surface area contributed by atoms with Gasteiger partial charge in [0.25, 0.3) is 5.95 Å². The van der Waals surface area contributed by atoms with Gasteiger partial charge in [0.1, 0.15) is 0 Å². The van der Waals surface area contributed by atoms with E-state index in [1.165, 1.54) is 6.42 Å². The maximum atomic E-state index is 5.39. The van der Waals surface area contributed by atoms with E-state index in [0.717, 1.165) is 12.8 Å². The van der Waals surface area contributed by atoms with Gasteiger partial charge in [0.15, 0.2) is 0 Å². The molecule has 0 radical (unpaired) electrons. The molecule has 8 heteroatoms. The van der Waals surface area contributed by atoms with Crippen LogP contribution in [0.4, 0.5) is 11.9 Å². The molecule has 8 nitrogen and oxygen atoms in total. The number of hydrogen-bond acceptors (Lipinski definition) is 7. The summed E-state index contributed by atoms with van der Waals surface area (Å²) in [5, 5.41) is 7.43. The van der Waals surface area contributed by atoms with Crippen molar-refractivity contribution in [1.82, 2.24) is 24.7 Å². The predicted molar refractivity (Wildman–Crippen MR) is 70.6 cm³/mol. The lowest BCUT2D eigenvalue weighted by molar-refractivity contribution is 0.304. The van der Waals surface area contributed by atoms with Crippen molar-refractivity contribution in [2.45, 2.75) is 31.7 Å². The molecule has 1 aliphatic rings. The normalized spacial score (nSPS) is 16.7. The van der Waals surface area contributed by atoms with Crippen LogP contribution in [0.25, 0.3) is 5.95 Å². The molecule has 0 aliphatic heterocycles. The van der Waals surface area contributed by atoms with E-state index < -0.39 is 0 Å². The number of nitrogens with zero attached hydrogens (tertiary/aromatic N) is 5. The molecule has 2 aromatic heterocycles. The van der Waals surface area contributed by atoms with Crippen LogP contribution < -0.4 is 16.6 Å². The highest BCUT2D eigenvalue weighted by atomic mass is 15.4. The van der Waals surface area contributed by atoms with Crippen LogP contribution in [-0.2, 0) is 0 Å². The van der Waals surface area contributed by atoms with Gasteiger partial charge in [0, 0.05) is 17.9 Å². The fourth-order valence-corrected chi connectivity index (χ4v) is 2.08. The summed E-state index contributed by atoms with van der Waals surface area (Å²) >= 11 is 0. The molecule has 2 aromatic rings. The first-order valence-electron chi connectivity index (χ1n) is 6.19. The van der Waals surface area contributed by atoms with Crippen LogP contribution in [0.1, 0.15) is 26.2 Å². The average molecular weight is 260 g/mol. The van der Waals surface area contributed by atoms with Crippen LogP contribution in [0.15, 0.2) is 18.5 Å². The zero-order valence-corrected chi connectivity index (χ0v) is 10.7. The molecule has 1 fully saturated rings. The molecule has 0 bridgehead atoms. The molecular weight excluding hydrogens is 244 g/mol. The molecular formula is C11H16N8. The quantitative estimate of drug-likeness (QED) is 0.548. The Balaban J connectivity index is 1.93. The zero-order valence-electron chi connectivity index (χ0n) is 10.7. The van der Waals surface area contributed by atoms with Gasteiger partial charge in [-0.25, -0.2) is 10.5 Å². The van der Waals surface area contributed by atoms with Crippen molar-refractivity contribution in [1.29, 1.82) is 0 Å². The smallest absolute Gasteiger partial charge is 0.257 e. The number of nitrogens with two attached hydrogens (primary N) is 1. The van der Waals surface area contributed by atoms with Gasteiger partial charge in [0.05, 0.1) is 0 Å². The zero-order chi connectivity index (χ0) is 13.3. The minimum atomic E-state index is 0.0641. The van der Waals surface area contributed by atoms with Crippen molar-refractivity contribution in [3.63, 3.8) is 0 Å². The summed E-state index contributed by atoms with van der Waals surface area (Å²) in [5.74, 6) is 6.64. The number of nitrogens with one attached hydrogen (secondary N) is 2. The molecule has 1 saturated carbocycles. The van der Waals surface area contributed by atoms with Crippen LogP contribution in [0, 0.1) is 0 Å². The third-order valence-electron chi connectivity index (χ3n) is 3.33. The number of nitrogen functional groups attached to an aromatic ring is 1. The second kappa shape index (κ2) is 4.47. The highest BCUT2D eigenvalue weighted by Crippen LogP contribution is 2.33. The Hall–Kier alpha value is -2.22.